The Hall–Kier alpha value is -2.00. The third-order valence-corrected chi connectivity index (χ3v) is 7.01. The molecule has 1 saturated carbocycles. The molecule has 2 bridgehead atoms. The van der Waals surface area contributed by atoms with Crippen molar-refractivity contribution in [3.63, 3.8) is 0 Å². The summed E-state index contributed by atoms with van der Waals surface area (Å²) in [6.45, 7) is 1.09. The Bertz CT molecular complexity index is 829. The molecule has 2 aliphatic heterocycles. The van der Waals surface area contributed by atoms with Crippen LogP contribution in [0.15, 0.2) is 12.1 Å². The predicted molar refractivity (Wildman–Crippen MR) is 96.2 cm³/mol. The molecule has 1 aromatic rings. The van der Waals surface area contributed by atoms with Gasteiger partial charge in [0, 0.05) is 17.0 Å². The van der Waals surface area contributed by atoms with Crippen molar-refractivity contribution in [1.29, 1.82) is 0 Å². The lowest BCUT2D eigenvalue weighted by molar-refractivity contribution is -0.192. The van der Waals surface area contributed by atoms with Crippen LogP contribution in [0, 0.1) is 5.92 Å². The fourth-order valence-corrected chi connectivity index (χ4v) is 5.86. The Morgan fingerprint density at radius 1 is 1.34 bits per heavy atom. The highest BCUT2D eigenvalue weighted by atomic mass is 19.4. The number of carboxylic acids is 1. The van der Waals surface area contributed by atoms with E-state index in [-0.39, 0.29) is 17.6 Å². The standard InChI is InChI=1S/C18H23NO3.C2HF3O2/c1-19-8-7-18-11-4-5-13(20)17(18)22-16-14(21-2)6-3-10(15(16)18)9-12(11)19;3-2(4,5)1(6)7/h3,6,11-13,17,20H,4-5,7-9H2,1-2H3;(H,6,7)/t11-,12+,13-,17-,18-;/m0./s1. The molecule has 2 heterocycles. The average Bonchev–Trinajstić information content (AvgIpc) is 3.01. The molecule has 5 rings (SSSR count). The Morgan fingerprint density at radius 2 is 2.03 bits per heavy atom. The van der Waals surface area contributed by atoms with Crippen molar-refractivity contribution in [2.24, 2.45) is 5.92 Å². The minimum Gasteiger partial charge on any atom is -0.493 e. The number of carbonyl (C=O) groups is 1. The lowest BCUT2D eigenvalue weighted by Gasteiger charge is -2.58. The van der Waals surface area contributed by atoms with Gasteiger partial charge in [0.25, 0.3) is 0 Å². The molecule has 9 heteroatoms. The summed E-state index contributed by atoms with van der Waals surface area (Å²) in [6, 6.07) is 4.83. The molecule has 2 aliphatic carbocycles. The Balaban J connectivity index is 0.000000255. The van der Waals surface area contributed by atoms with Crippen LogP contribution < -0.4 is 9.47 Å². The summed E-state index contributed by atoms with van der Waals surface area (Å²) in [4.78, 5) is 11.4. The molecule has 1 saturated heterocycles. The third kappa shape index (κ3) is 2.89. The fourth-order valence-electron chi connectivity index (χ4n) is 5.86. The summed E-state index contributed by atoms with van der Waals surface area (Å²) in [7, 11) is 3.96. The number of likely N-dealkylation sites (N-methyl/N-ethyl adjacent to an activating group) is 1. The average molecular weight is 415 g/mol. The number of nitrogens with zero attached hydrogens (tertiary/aromatic N) is 1. The van der Waals surface area contributed by atoms with Gasteiger partial charge >= 0.3 is 12.1 Å². The first-order valence-corrected chi connectivity index (χ1v) is 9.66. The molecule has 0 aromatic heterocycles. The smallest absolute Gasteiger partial charge is 0.490 e. The van der Waals surface area contributed by atoms with Crippen LogP contribution >= 0.6 is 0 Å². The van der Waals surface area contributed by atoms with E-state index in [0.717, 1.165) is 43.7 Å². The number of piperidine rings is 1. The number of carboxylic acid groups (broad SMARTS) is 1. The number of halogens is 3. The maximum Gasteiger partial charge on any atom is 0.490 e. The Morgan fingerprint density at radius 3 is 2.66 bits per heavy atom. The Labute approximate surface area is 166 Å². The summed E-state index contributed by atoms with van der Waals surface area (Å²) in [5.74, 6) is -0.419. The van der Waals surface area contributed by atoms with E-state index in [0.29, 0.717) is 12.0 Å². The number of benzene rings is 1. The van der Waals surface area contributed by atoms with Gasteiger partial charge in [-0.15, -0.1) is 0 Å². The van der Waals surface area contributed by atoms with Crippen molar-refractivity contribution in [2.75, 3.05) is 20.7 Å². The summed E-state index contributed by atoms with van der Waals surface area (Å²) in [5.41, 5.74) is 2.77. The highest BCUT2D eigenvalue weighted by Gasteiger charge is 2.65. The van der Waals surface area contributed by atoms with Gasteiger partial charge in [0.2, 0.25) is 0 Å². The normalized spacial score (nSPS) is 34.4. The van der Waals surface area contributed by atoms with Gasteiger partial charge in [-0.3, -0.25) is 0 Å². The van der Waals surface area contributed by atoms with E-state index in [4.69, 9.17) is 19.4 Å². The Kier molecular flexibility index (Phi) is 4.73. The number of aliphatic carboxylic acids is 1. The summed E-state index contributed by atoms with van der Waals surface area (Å²) in [5, 5.41) is 17.8. The van der Waals surface area contributed by atoms with Gasteiger partial charge in [-0.25, -0.2) is 4.79 Å². The summed E-state index contributed by atoms with van der Waals surface area (Å²) in [6.07, 6.45) is -1.39. The van der Waals surface area contributed by atoms with Crippen molar-refractivity contribution in [3.8, 4) is 11.5 Å². The van der Waals surface area contributed by atoms with E-state index in [1.807, 2.05) is 6.07 Å². The van der Waals surface area contributed by atoms with Crippen LogP contribution in [0.4, 0.5) is 13.2 Å². The van der Waals surface area contributed by atoms with E-state index < -0.39 is 12.1 Å². The number of aliphatic hydroxyl groups excluding tert-OH is 1. The first kappa shape index (κ1) is 20.3. The van der Waals surface area contributed by atoms with Crippen molar-refractivity contribution in [2.45, 2.75) is 55.5 Å². The largest absolute Gasteiger partial charge is 0.493 e. The summed E-state index contributed by atoms with van der Waals surface area (Å²) < 4.78 is 43.6. The van der Waals surface area contributed by atoms with Crippen LogP contribution in [0.2, 0.25) is 0 Å². The van der Waals surface area contributed by atoms with Crippen LogP contribution in [0.5, 0.6) is 11.5 Å². The number of rotatable bonds is 1. The maximum atomic E-state index is 10.6. The second kappa shape index (κ2) is 6.77. The number of aliphatic hydroxyl groups is 1. The highest BCUT2D eigenvalue weighted by molar-refractivity contribution is 5.73. The van der Waals surface area contributed by atoms with E-state index in [2.05, 4.69) is 18.0 Å². The second-order valence-corrected chi connectivity index (χ2v) is 8.27. The van der Waals surface area contributed by atoms with Crippen molar-refractivity contribution >= 4 is 5.97 Å². The van der Waals surface area contributed by atoms with Gasteiger partial charge in [0.1, 0.15) is 6.10 Å². The van der Waals surface area contributed by atoms with Gasteiger partial charge in [0.05, 0.1) is 13.2 Å². The molecule has 0 amide bonds. The van der Waals surface area contributed by atoms with Gasteiger partial charge in [0.15, 0.2) is 11.5 Å². The number of ether oxygens (including phenoxy) is 2. The minimum absolute atomic E-state index is 0.00625. The molecule has 5 atom stereocenters. The minimum atomic E-state index is -5.08. The van der Waals surface area contributed by atoms with Gasteiger partial charge in [-0.1, -0.05) is 6.07 Å². The molecule has 4 aliphatic rings. The maximum absolute atomic E-state index is 10.6. The quantitative estimate of drug-likeness (QED) is 0.733. The second-order valence-electron chi connectivity index (χ2n) is 8.27. The first-order chi connectivity index (χ1) is 13.6. The van der Waals surface area contributed by atoms with Gasteiger partial charge in [-0.05, 0) is 56.8 Å². The van der Waals surface area contributed by atoms with Gasteiger partial charge in [-0.2, -0.15) is 13.2 Å². The highest BCUT2D eigenvalue weighted by Crippen LogP contribution is 2.63. The molecule has 160 valence electrons. The van der Waals surface area contributed by atoms with Gasteiger partial charge < -0.3 is 24.6 Å². The predicted octanol–water partition coefficient (Wildman–Crippen LogP) is 2.36. The lowest BCUT2D eigenvalue weighted by atomic mass is 9.51. The van der Waals surface area contributed by atoms with E-state index >= 15 is 0 Å². The molecule has 2 fully saturated rings. The van der Waals surface area contributed by atoms with Crippen molar-refractivity contribution in [1.82, 2.24) is 4.90 Å². The van der Waals surface area contributed by atoms with Crippen LogP contribution in [0.3, 0.4) is 0 Å². The van der Waals surface area contributed by atoms with Crippen molar-refractivity contribution in [3.05, 3.63) is 23.3 Å². The number of hydrogen-bond acceptors (Lipinski definition) is 5. The zero-order valence-corrected chi connectivity index (χ0v) is 16.2. The van der Waals surface area contributed by atoms with Crippen LogP contribution in [-0.2, 0) is 16.6 Å². The van der Waals surface area contributed by atoms with Crippen LogP contribution in [0.1, 0.15) is 30.4 Å². The fraction of sp³-hybridized carbons (Fsp3) is 0.650. The molecule has 1 spiro atoms. The zero-order chi connectivity index (χ0) is 21.1. The van der Waals surface area contributed by atoms with E-state index in [1.165, 1.54) is 11.1 Å². The lowest BCUT2D eigenvalue weighted by Crippen LogP contribution is -2.66. The van der Waals surface area contributed by atoms with E-state index in [9.17, 15) is 18.3 Å². The molecule has 1 aromatic carbocycles. The molecule has 0 unspecified atom stereocenters. The molecular weight excluding hydrogens is 391 g/mol. The molecule has 0 radical (unpaired) electrons. The number of likely N-dealkylation sites (tertiary alicyclic amines) is 1. The number of methoxy groups -OCH3 is 1. The molecule has 6 nitrogen and oxygen atoms in total. The summed E-state index contributed by atoms with van der Waals surface area (Å²) >= 11 is 0. The van der Waals surface area contributed by atoms with Crippen LogP contribution in [-0.4, -0.2) is 66.2 Å². The van der Waals surface area contributed by atoms with Crippen molar-refractivity contribution < 1.29 is 37.7 Å². The number of hydrogen-bond donors (Lipinski definition) is 2. The zero-order valence-electron chi connectivity index (χ0n) is 16.2. The third-order valence-electron chi connectivity index (χ3n) is 7.01. The molecule has 29 heavy (non-hydrogen) atoms. The first-order valence-electron chi connectivity index (χ1n) is 9.66. The SMILES string of the molecule is COc1ccc2c3c1O[C@H]1[C@@H](O)CC[C@H]4[C@@H](C2)N(C)CC[C@@]341.O=C(O)C(F)(F)F. The monoisotopic (exact) mass is 415 g/mol. The van der Waals surface area contributed by atoms with Crippen LogP contribution in [0.25, 0.3) is 0 Å². The van der Waals surface area contributed by atoms with E-state index in [1.54, 1.807) is 7.11 Å². The molecule has 2 N–H and O–H groups in total. The number of alkyl halides is 3. The topological polar surface area (TPSA) is 79.2 Å². The molecular formula is C20H24F3NO5.